The van der Waals surface area contributed by atoms with Crippen LogP contribution in [0.25, 0.3) is 0 Å². The van der Waals surface area contributed by atoms with Gasteiger partial charge in [0.05, 0.1) is 11.0 Å². The fraction of sp³-hybridized carbons (Fsp3) is 0.333. The van der Waals surface area contributed by atoms with Crippen molar-refractivity contribution in [2.24, 2.45) is 0 Å². The van der Waals surface area contributed by atoms with E-state index >= 15 is 0 Å². The molecule has 1 amide bonds. The van der Waals surface area contributed by atoms with Crippen molar-refractivity contribution in [1.82, 2.24) is 9.88 Å². The molecule has 2 heterocycles. The standard InChI is InChI=1S/C18H18BrClN2O2/c19-16-11-21-8-6-17(16)24-15-7-9-22(12-15)18(23)5-4-13-2-1-3-14(20)10-13/h1-3,6,8,10-11,15H,4-5,7,9,12H2. The van der Waals surface area contributed by atoms with E-state index < -0.39 is 0 Å². The summed E-state index contributed by atoms with van der Waals surface area (Å²) in [6, 6.07) is 9.48. The minimum Gasteiger partial charge on any atom is -0.487 e. The van der Waals surface area contributed by atoms with Crippen LogP contribution in [-0.4, -0.2) is 35.0 Å². The molecule has 4 nitrogen and oxygen atoms in total. The van der Waals surface area contributed by atoms with Crippen LogP contribution in [0.4, 0.5) is 0 Å². The highest BCUT2D eigenvalue weighted by Crippen LogP contribution is 2.26. The van der Waals surface area contributed by atoms with Crippen molar-refractivity contribution >= 4 is 33.4 Å². The van der Waals surface area contributed by atoms with Gasteiger partial charge in [0.25, 0.3) is 0 Å². The van der Waals surface area contributed by atoms with E-state index in [0.717, 1.165) is 28.8 Å². The first kappa shape index (κ1) is 17.2. The molecule has 0 N–H and O–H groups in total. The Morgan fingerprint density at radius 3 is 3.08 bits per heavy atom. The molecule has 2 aromatic rings. The Labute approximate surface area is 154 Å². The second kappa shape index (κ2) is 7.99. The fourth-order valence-electron chi connectivity index (χ4n) is 2.79. The van der Waals surface area contributed by atoms with Gasteiger partial charge in [-0.25, -0.2) is 0 Å². The monoisotopic (exact) mass is 408 g/mol. The molecule has 3 rings (SSSR count). The summed E-state index contributed by atoms with van der Waals surface area (Å²) in [4.78, 5) is 18.3. The molecule has 1 aliphatic heterocycles. The molecule has 0 bridgehead atoms. The van der Waals surface area contributed by atoms with Gasteiger partial charge in [-0.3, -0.25) is 9.78 Å². The molecular weight excluding hydrogens is 392 g/mol. The molecule has 126 valence electrons. The summed E-state index contributed by atoms with van der Waals surface area (Å²) in [6.07, 6.45) is 5.47. The lowest BCUT2D eigenvalue weighted by molar-refractivity contribution is -0.130. The molecule has 1 aliphatic rings. The maximum atomic E-state index is 12.4. The van der Waals surface area contributed by atoms with Crippen molar-refractivity contribution in [1.29, 1.82) is 0 Å². The van der Waals surface area contributed by atoms with E-state index in [1.54, 1.807) is 12.4 Å². The van der Waals surface area contributed by atoms with E-state index in [0.29, 0.717) is 24.4 Å². The van der Waals surface area contributed by atoms with Gasteiger partial charge >= 0.3 is 0 Å². The molecule has 1 saturated heterocycles. The summed E-state index contributed by atoms with van der Waals surface area (Å²) in [7, 11) is 0. The topological polar surface area (TPSA) is 42.4 Å². The van der Waals surface area contributed by atoms with E-state index in [1.165, 1.54) is 0 Å². The number of rotatable bonds is 5. The Balaban J connectivity index is 1.50. The first-order valence-electron chi connectivity index (χ1n) is 7.90. The normalized spacial score (nSPS) is 17.1. The Bertz CT molecular complexity index is 726. The lowest BCUT2D eigenvalue weighted by atomic mass is 10.1. The van der Waals surface area contributed by atoms with Crippen molar-refractivity contribution in [2.75, 3.05) is 13.1 Å². The number of carbonyl (C=O) groups is 1. The minimum atomic E-state index is 0.0267. The molecule has 0 spiro atoms. The molecule has 0 radical (unpaired) electrons. The van der Waals surface area contributed by atoms with E-state index in [-0.39, 0.29) is 12.0 Å². The van der Waals surface area contributed by atoms with Gasteiger partial charge in [0.2, 0.25) is 5.91 Å². The Hall–Kier alpha value is -1.59. The zero-order chi connectivity index (χ0) is 16.9. The van der Waals surface area contributed by atoms with Crippen LogP contribution in [0.3, 0.4) is 0 Å². The number of hydrogen-bond acceptors (Lipinski definition) is 3. The van der Waals surface area contributed by atoms with E-state index in [1.807, 2.05) is 35.2 Å². The van der Waals surface area contributed by atoms with Crippen molar-refractivity contribution in [2.45, 2.75) is 25.4 Å². The van der Waals surface area contributed by atoms with Gasteiger partial charge < -0.3 is 9.64 Å². The number of hydrogen-bond donors (Lipinski definition) is 0. The van der Waals surface area contributed by atoms with Crippen LogP contribution in [0.5, 0.6) is 5.75 Å². The predicted molar refractivity (Wildman–Crippen MR) is 97.3 cm³/mol. The number of ether oxygens (including phenoxy) is 1. The van der Waals surface area contributed by atoms with Gasteiger partial charge in [-0.15, -0.1) is 0 Å². The number of halogens is 2. The summed E-state index contributed by atoms with van der Waals surface area (Å²) in [5.74, 6) is 0.929. The molecule has 24 heavy (non-hydrogen) atoms. The molecule has 1 fully saturated rings. The highest BCUT2D eigenvalue weighted by Gasteiger charge is 2.27. The number of pyridine rings is 1. The number of amides is 1. The zero-order valence-electron chi connectivity index (χ0n) is 13.1. The fourth-order valence-corrected chi connectivity index (χ4v) is 3.35. The second-order valence-corrected chi connectivity index (χ2v) is 7.10. The van der Waals surface area contributed by atoms with Crippen molar-refractivity contribution < 1.29 is 9.53 Å². The third kappa shape index (κ3) is 4.48. The molecule has 1 unspecified atom stereocenters. The Morgan fingerprint density at radius 1 is 1.42 bits per heavy atom. The molecule has 1 atom stereocenters. The maximum Gasteiger partial charge on any atom is 0.223 e. The Kier molecular flexibility index (Phi) is 5.74. The summed E-state index contributed by atoms with van der Waals surface area (Å²) >= 11 is 9.40. The highest BCUT2D eigenvalue weighted by molar-refractivity contribution is 9.10. The van der Waals surface area contributed by atoms with Gasteiger partial charge in [0, 0.05) is 36.8 Å². The molecule has 1 aromatic heterocycles. The molecular formula is C18H18BrClN2O2. The van der Waals surface area contributed by atoms with Crippen LogP contribution < -0.4 is 4.74 Å². The van der Waals surface area contributed by atoms with Crippen LogP contribution in [0.1, 0.15) is 18.4 Å². The lowest BCUT2D eigenvalue weighted by Gasteiger charge is -2.17. The molecule has 0 aliphatic carbocycles. The van der Waals surface area contributed by atoms with Crippen LogP contribution in [0, 0.1) is 0 Å². The first-order chi connectivity index (χ1) is 11.6. The molecule has 6 heteroatoms. The number of aromatic nitrogens is 1. The number of nitrogens with zero attached hydrogens (tertiary/aromatic N) is 2. The number of likely N-dealkylation sites (tertiary alicyclic amines) is 1. The van der Waals surface area contributed by atoms with Crippen LogP contribution in [0.2, 0.25) is 5.02 Å². The van der Waals surface area contributed by atoms with Crippen molar-refractivity contribution in [3.63, 3.8) is 0 Å². The number of aryl methyl sites for hydroxylation is 1. The number of carbonyl (C=O) groups excluding carboxylic acids is 1. The number of benzene rings is 1. The summed E-state index contributed by atoms with van der Waals surface area (Å²) in [5, 5.41) is 0.706. The van der Waals surface area contributed by atoms with Gasteiger partial charge in [-0.1, -0.05) is 23.7 Å². The third-order valence-electron chi connectivity index (χ3n) is 4.04. The average molecular weight is 410 g/mol. The van der Waals surface area contributed by atoms with Gasteiger partial charge in [-0.05, 0) is 46.1 Å². The lowest BCUT2D eigenvalue weighted by Crippen LogP contribution is -2.31. The average Bonchev–Trinajstić information content (AvgIpc) is 3.04. The summed E-state index contributed by atoms with van der Waals surface area (Å²) in [5.41, 5.74) is 1.09. The van der Waals surface area contributed by atoms with E-state index in [4.69, 9.17) is 16.3 Å². The third-order valence-corrected chi connectivity index (χ3v) is 4.87. The van der Waals surface area contributed by atoms with Gasteiger partial charge in [-0.2, -0.15) is 0 Å². The van der Waals surface area contributed by atoms with Crippen LogP contribution in [-0.2, 0) is 11.2 Å². The van der Waals surface area contributed by atoms with E-state index in [2.05, 4.69) is 20.9 Å². The minimum absolute atomic E-state index is 0.0267. The largest absolute Gasteiger partial charge is 0.487 e. The smallest absolute Gasteiger partial charge is 0.223 e. The predicted octanol–water partition coefficient (Wildman–Crippen LogP) is 4.11. The van der Waals surface area contributed by atoms with E-state index in [9.17, 15) is 4.79 Å². The maximum absolute atomic E-state index is 12.4. The zero-order valence-corrected chi connectivity index (χ0v) is 15.5. The summed E-state index contributed by atoms with van der Waals surface area (Å²) < 4.78 is 6.80. The van der Waals surface area contributed by atoms with Crippen LogP contribution in [0.15, 0.2) is 47.2 Å². The molecule has 0 saturated carbocycles. The molecule has 1 aromatic carbocycles. The highest BCUT2D eigenvalue weighted by atomic mass is 79.9. The van der Waals surface area contributed by atoms with Gasteiger partial charge in [0.1, 0.15) is 11.9 Å². The first-order valence-corrected chi connectivity index (χ1v) is 9.07. The Morgan fingerprint density at radius 2 is 2.29 bits per heavy atom. The summed E-state index contributed by atoms with van der Waals surface area (Å²) in [6.45, 7) is 1.37. The van der Waals surface area contributed by atoms with Crippen LogP contribution >= 0.6 is 27.5 Å². The SMILES string of the molecule is O=C(CCc1cccc(Cl)c1)N1CCC(Oc2ccncc2Br)C1. The van der Waals surface area contributed by atoms with Gasteiger partial charge in [0.15, 0.2) is 0 Å². The van der Waals surface area contributed by atoms with Crippen molar-refractivity contribution in [3.8, 4) is 5.75 Å². The quantitative estimate of drug-likeness (QED) is 0.746. The van der Waals surface area contributed by atoms with Crippen molar-refractivity contribution in [3.05, 3.63) is 57.8 Å². The second-order valence-electron chi connectivity index (χ2n) is 5.80.